The highest BCUT2D eigenvalue weighted by Gasteiger charge is 2.48. The van der Waals surface area contributed by atoms with E-state index in [9.17, 15) is 9.90 Å². The van der Waals surface area contributed by atoms with E-state index in [1.807, 2.05) is 51.1 Å². The van der Waals surface area contributed by atoms with E-state index in [2.05, 4.69) is 16.2 Å². The van der Waals surface area contributed by atoms with E-state index < -0.39 is 11.6 Å². The van der Waals surface area contributed by atoms with Gasteiger partial charge in [-0.05, 0) is 69.6 Å². The minimum Gasteiger partial charge on any atom is -0.512 e. The highest BCUT2D eigenvalue weighted by atomic mass is 16.6. The minimum absolute atomic E-state index is 0.0242. The maximum Gasteiger partial charge on any atom is 0.338 e. The van der Waals surface area contributed by atoms with E-state index in [4.69, 9.17) is 15.7 Å². The molecule has 8 nitrogen and oxygen atoms in total. The van der Waals surface area contributed by atoms with Gasteiger partial charge < -0.3 is 15.6 Å². The third-order valence-electron chi connectivity index (χ3n) is 7.85. The fourth-order valence-electron chi connectivity index (χ4n) is 5.59. The van der Waals surface area contributed by atoms with E-state index in [0.717, 1.165) is 54.6 Å². The van der Waals surface area contributed by atoms with Crippen molar-refractivity contribution < 1.29 is 14.6 Å². The zero-order valence-corrected chi connectivity index (χ0v) is 22.0. The Bertz CT molecular complexity index is 1180. The lowest BCUT2D eigenvalue weighted by Crippen LogP contribution is -2.46. The predicted octanol–water partition coefficient (Wildman–Crippen LogP) is 5.23. The zero-order valence-electron chi connectivity index (χ0n) is 22.0. The fraction of sp³-hybridized carbons (Fsp3) is 0.517. The highest BCUT2D eigenvalue weighted by molar-refractivity contribution is 5.98. The number of carbonyl (C=O) groups is 1. The van der Waals surface area contributed by atoms with E-state index in [1.54, 1.807) is 5.01 Å². The van der Waals surface area contributed by atoms with Gasteiger partial charge in [-0.3, -0.25) is 4.99 Å². The highest BCUT2D eigenvalue weighted by Crippen LogP contribution is 2.46. The standard InChI is InChI=1S/C29H37N5O3/c1-19(17-30)23-10-8-22(9-11-23)12-13-29(24-6-4-5-7-24)16-26(35)25(28(36)37-29)15-27(31)33-34-18-32-20(2)14-21(34)3/h8-11,14,19,24,35H,4-7,12-13,15-16,18H2,1-3H3,(H2,31,33). The fourth-order valence-corrected chi connectivity index (χ4v) is 5.59. The summed E-state index contributed by atoms with van der Waals surface area (Å²) in [5.74, 6) is -0.167. The number of allylic oxidation sites excluding steroid dienone is 2. The number of carbonyl (C=O) groups excluding carboxylic acids is 1. The van der Waals surface area contributed by atoms with Crippen LogP contribution in [0.1, 0.15) is 82.8 Å². The third kappa shape index (κ3) is 6.04. The summed E-state index contributed by atoms with van der Waals surface area (Å²) in [4.78, 5) is 17.6. The number of aliphatic hydroxyl groups is 1. The number of rotatable bonds is 8. The molecule has 4 rings (SSSR count). The van der Waals surface area contributed by atoms with Gasteiger partial charge in [-0.25, -0.2) is 9.80 Å². The Morgan fingerprint density at radius 3 is 2.65 bits per heavy atom. The van der Waals surface area contributed by atoms with Crippen molar-refractivity contribution in [1.82, 2.24) is 5.01 Å². The Hall–Kier alpha value is -3.60. The molecule has 1 saturated carbocycles. The summed E-state index contributed by atoms with van der Waals surface area (Å²) >= 11 is 0. The molecule has 0 spiro atoms. The van der Waals surface area contributed by atoms with Gasteiger partial charge in [-0.1, -0.05) is 37.1 Å². The number of benzene rings is 1. The Balaban J connectivity index is 1.50. The number of hydrogen-bond donors (Lipinski definition) is 2. The molecule has 37 heavy (non-hydrogen) atoms. The number of aliphatic imine (C=N–C) groups is 1. The smallest absolute Gasteiger partial charge is 0.338 e. The number of hydrazone groups is 1. The van der Waals surface area contributed by atoms with Crippen LogP contribution in [0.2, 0.25) is 0 Å². The monoisotopic (exact) mass is 503 g/mol. The Labute approximate surface area is 219 Å². The third-order valence-corrected chi connectivity index (χ3v) is 7.85. The van der Waals surface area contributed by atoms with E-state index in [1.165, 1.54) is 0 Å². The number of ether oxygens (including phenoxy) is 1. The molecule has 3 aliphatic rings. The molecule has 1 aromatic rings. The molecule has 8 heteroatoms. The molecular formula is C29H37N5O3. The van der Waals surface area contributed by atoms with Gasteiger partial charge in [0.25, 0.3) is 0 Å². The minimum atomic E-state index is -0.732. The summed E-state index contributed by atoms with van der Waals surface area (Å²) in [6, 6.07) is 10.3. The van der Waals surface area contributed by atoms with Gasteiger partial charge in [0.1, 0.15) is 23.9 Å². The number of nitrogens with zero attached hydrogens (tertiary/aromatic N) is 4. The van der Waals surface area contributed by atoms with Crippen molar-refractivity contribution in [2.24, 2.45) is 21.7 Å². The van der Waals surface area contributed by atoms with Gasteiger partial charge in [0.05, 0.1) is 17.6 Å². The summed E-state index contributed by atoms with van der Waals surface area (Å²) in [6.45, 7) is 6.10. The number of aliphatic hydroxyl groups excluding tert-OH is 1. The van der Waals surface area contributed by atoms with Crippen molar-refractivity contribution in [3.05, 3.63) is 58.5 Å². The van der Waals surface area contributed by atoms with Crippen LogP contribution in [0.4, 0.5) is 0 Å². The molecule has 2 aliphatic heterocycles. The first kappa shape index (κ1) is 26.5. The maximum atomic E-state index is 13.2. The number of cyclic esters (lactones) is 1. The molecule has 0 saturated heterocycles. The molecule has 2 heterocycles. The summed E-state index contributed by atoms with van der Waals surface area (Å²) in [6.07, 6.45) is 7.76. The van der Waals surface area contributed by atoms with Crippen LogP contribution in [-0.2, 0) is 16.0 Å². The van der Waals surface area contributed by atoms with Crippen LogP contribution in [0.25, 0.3) is 0 Å². The molecule has 1 aromatic carbocycles. The topological polar surface area (TPSA) is 124 Å². The summed E-state index contributed by atoms with van der Waals surface area (Å²) in [7, 11) is 0. The van der Waals surface area contributed by atoms with Crippen LogP contribution in [0.3, 0.4) is 0 Å². The lowest BCUT2D eigenvalue weighted by Gasteiger charge is -2.42. The molecule has 2 unspecified atom stereocenters. The first-order valence-electron chi connectivity index (χ1n) is 13.1. The van der Waals surface area contributed by atoms with Crippen molar-refractivity contribution in [1.29, 1.82) is 5.26 Å². The van der Waals surface area contributed by atoms with Crippen molar-refractivity contribution in [3.63, 3.8) is 0 Å². The molecule has 1 fully saturated rings. The number of aryl methyl sites for hydroxylation is 1. The average Bonchev–Trinajstić information content (AvgIpc) is 3.42. The second-order valence-corrected chi connectivity index (χ2v) is 10.5. The second-order valence-electron chi connectivity index (χ2n) is 10.5. The number of amidine groups is 1. The largest absolute Gasteiger partial charge is 0.512 e. The molecular weight excluding hydrogens is 466 g/mol. The molecule has 0 amide bonds. The van der Waals surface area contributed by atoms with Gasteiger partial charge in [0.2, 0.25) is 0 Å². The predicted molar refractivity (Wildman–Crippen MR) is 144 cm³/mol. The molecule has 2 atom stereocenters. The first-order valence-corrected chi connectivity index (χ1v) is 13.1. The van der Waals surface area contributed by atoms with Crippen molar-refractivity contribution in [2.75, 3.05) is 6.67 Å². The number of nitriles is 1. The van der Waals surface area contributed by atoms with Gasteiger partial charge in [-0.15, -0.1) is 0 Å². The normalized spacial score (nSPS) is 23.9. The first-order chi connectivity index (χ1) is 17.7. The van der Waals surface area contributed by atoms with Gasteiger partial charge in [0.15, 0.2) is 0 Å². The van der Waals surface area contributed by atoms with Crippen LogP contribution in [0.15, 0.2) is 57.5 Å². The quantitative estimate of drug-likeness (QED) is 0.284. The molecule has 0 radical (unpaired) electrons. The van der Waals surface area contributed by atoms with Crippen LogP contribution >= 0.6 is 0 Å². The van der Waals surface area contributed by atoms with E-state index in [-0.39, 0.29) is 35.4 Å². The lowest BCUT2D eigenvalue weighted by atomic mass is 9.76. The number of nitrogens with two attached hydrogens (primary N) is 1. The lowest BCUT2D eigenvalue weighted by molar-refractivity contribution is -0.167. The van der Waals surface area contributed by atoms with Gasteiger partial charge in [0, 0.05) is 24.3 Å². The van der Waals surface area contributed by atoms with Gasteiger partial charge >= 0.3 is 5.97 Å². The maximum absolute atomic E-state index is 13.2. The number of esters is 1. The summed E-state index contributed by atoms with van der Waals surface area (Å²) < 4.78 is 6.21. The number of hydrogen-bond acceptors (Lipinski definition) is 7. The molecule has 3 N–H and O–H groups in total. The summed E-state index contributed by atoms with van der Waals surface area (Å²) in [5.41, 5.74) is 9.58. The van der Waals surface area contributed by atoms with E-state index >= 15 is 0 Å². The van der Waals surface area contributed by atoms with Crippen LogP contribution in [0.5, 0.6) is 0 Å². The molecule has 196 valence electrons. The van der Waals surface area contributed by atoms with Crippen molar-refractivity contribution >= 4 is 17.5 Å². The Morgan fingerprint density at radius 2 is 2.03 bits per heavy atom. The molecule has 0 aromatic heterocycles. The molecule has 0 bridgehead atoms. The van der Waals surface area contributed by atoms with Crippen molar-refractivity contribution in [2.45, 2.75) is 83.7 Å². The summed E-state index contributed by atoms with van der Waals surface area (Å²) in [5, 5.41) is 26.3. The molecule has 1 aliphatic carbocycles. The zero-order chi connectivity index (χ0) is 26.6. The second kappa shape index (κ2) is 11.2. The van der Waals surface area contributed by atoms with Crippen LogP contribution < -0.4 is 5.73 Å². The Kier molecular flexibility index (Phi) is 8.01. The average molecular weight is 504 g/mol. The van der Waals surface area contributed by atoms with Crippen molar-refractivity contribution in [3.8, 4) is 6.07 Å². The van der Waals surface area contributed by atoms with Crippen LogP contribution in [0, 0.1) is 17.2 Å². The van der Waals surface area contributed by atoms with E-state index in [0.29, 0.717) is 19.5 Å². The SMILES string of the molecule is CC1=CC(C)=NCN1/N=C(\N)CC1=C(O)CC(CCc2ccc(C(C)C#N)cc2)(C2CCCC2)OC1=O. The van der Waals surface area contributed by atoms with Crippen LogP contribution in [-0.4, -0.2) is 39.9 Å². The van der Waals surface area contributed by atoms with Gasteiger partial charge in [-0.2, -0.15) is 10.4 Å². The Morgan fingerprint density at radius 1 is 1.32 bits per heavy atom.